The zero-order valence-electron chi connectivity index (χ0n) is 22.8. The lowest BCUT2D eigenvalue weighted by Gasteiger charge is -2.61. The van der Waals surface area contributed by atoms with Crippen LogP contribution in [0.2, 0.25) is 0 Å². The van der Waals surface area contributed by atoms with E-state index in [4.69, 9.17) is 9.47 Å². The summed E-state index contributed by atoms with van der Waals surface area (Å²) in [7, 11) is 0. The van der Waals surface area contributed by atoms with Crippen molar-refractivity contribution in [3.63, 3.8) is 0 Å². The molecular weight excluding hydrogens is 472 g/mol. The summed E-state index contributed by atoms with van der Waals surface area (Å²) in [5.74, 6) is 7.03. The second kappa shape index (κ2) is 8.86. The van der Waals surface area contributed by atoms with Crippen LogP contribution in [0.4, 0.5) is 0 Å². The van der Waals surface area contributed by atoms with E-state index in [-0.39, 0.29) is 30.7 Å². The number of fused-ring (bicyclic) bond motifs is 1. The third-order valence-corrected chi connectivity index (χ3v) is 12.0. The minimum Gasteiger partial charge on any atom is -0.490 e. The Morgan fingerprint density at radius 3 is 1.61 bits per heavy atom. The van der Waals surface area contributed by atoms with E-state index in [0.717, 1.165) is 52.4 Å². The van der Waals surface area contributed by atoms with Crippen molar-refractivity contribution in [2.45, 2.75) is 87.9 Å². The molecule has 0 radical (unpaired) electrons. The van der Waals surface area contributed by atoms with Gasteiger partial charge >= 0.3 is 0 Å². The first-order valence-corrected chi connectivity index (χ1v) is 15.7. The summed E-state index contributed by atoms with van der Waals surface area (Å²) in [4.78, 5) is 0. The minimum atomic E-state index is -0.00356. The molecule has 0 heterocycles. The molecule has 0 aromatic heterocycles. The van der Waals surface area contributed by atoms with Crippen molar-refractivity contribution in [2.75, 3.05) is 26.4 Å². The van der Waals surface area contributed by atoms with Crippen molar-refractivity contribution in [1.82, 2.24) is 0 Å². The predicted octanol–water partition coefficient (Wildman–Crippen LogP) is 6.52. The molecule has 8 aliphatic rings. The molecule has 4 nitrogen and oxygen atoms in total. The Morgan fingerprint density at radius 2 is 1.11 bits per heavy atom. The van der Waals surface area contributed by atoms with E-state index in [1.54, 1.807) is 11.1 Å². The van der Waals surface area contributed by atoms with Crippen molar-refractivity contribution in [3.8, 4) is 11.5 Å². The quantitative estimate of drug-likeness (QED) is 0.420. The van der Waals surface area contributed by atoms with E-state index in [0.29, 0.717) is 6.61 Å². The van der Waals surface area contributed by atoms with Crippen LogP contribution in [0.5, 0.6) is 11.5 Å². The highest BCUT2D eigenvalue weighted by Crippen LogP contribution is 2.67. The van der Waals surface area contributed by atoms with Crippen LogP contribution in [0.3, 0.4) is 0 Å². The summed E-state index contributed by atoms with van der Waals surface area (Å²) in [6.45, 7) is 0.573. The van der Waals surface area contributed by atoms with E-state index in [9.17, 15) is 10.2 Å². The fourth-order valence-corrected chi connectivity index (χ4v) is 11.8. The number of ether oxygens (including phenoxy) is 2. The SMILES string of the molecule is OCCOc1cccc2c(C34CC5CC(CC(C5)C3)C4)c(C34CC5CC(CC(C5)C3)C4)cc(OCCO)c12. The normalized spacial score (nSPS) is 40.3. The molecule has 4 heteroatoms. The fourth-order valence-electron chi connectivity index (χ4n) is 11.8. The van der Waals surface area contributed by atoms with E-state index in [2.05, 4.69) is 18.2 Å². The van der Waals surface area contributed by atoms with Gasteiger partial charge in [0.25, 0.3) is 0 Å². The molecule has 38 heavy (non-hydrogen) atoms. The van der Waals surface area contributed by atoms with Crippen LogP contribution >= 0.6 is 0 Å². The van der Waals surface area contributed by atoms with E-state index < -0.39 is 0 Å². The highest BCUT2D eigenvalue weighted by Gasteiger charge is 2.57. The van der Waals surface area contributed by atoms with Crippen LogP contribution in [-0.2, 0) is 10.8 Å². The maximum absolute atomic E-state index is 9.73. The summed E-state index contributed by atoms with van der Waals surface area (Å²) in [6, 6.07) is 9.01. The first-order chi connectivity index (χ1) is 18.6. The molecule has 8 aliphatic carbocycles. The summed E-state index contributed by atoms with van der Waals surface area (Å²) >= 11 is 0. The Balaban J connectivity index is 1.39. The van der Waals surface area contributed by atoms with Gasteiger partial charge in [0.05, 0.1) is 18.6 Å². The smallest absolute Gasteiger partial charge is 0.131 e. The van der Waals surface area contributed by atoms with Gasteiger partial charge in [0.15, 0.2) is 0 Å². The van der Waals surface area contributed by atoms with Gasteiger partial charge in [-0.2, -0.15) is 0 Å². The van der Waals surface area contributed by atoms with E-state index in [1.807, 2.05) is 6.07 Å². The molecule has 8 fully saturated rings. The van der Waals surface area contributed by atoms with E-state index in [1.165, 1.54) is 82.4 Å². The molecule has 2 N–H and O–H groups in total. The fraction of sp³-hybridized carbons (Fsp3) is 0.706. The van der Waals surface area contributed by atoms with Gasteiger partial charge in [-0.3, -0.25) is 0 Å². The van der Waals surface area contributed by atoms with Crippen LogP contribution in [-0.4, -0.2) is 36.6 Å². The summed E-state index contributed by atoms with van der Waals surface area (Å²) in [5.41, 5.74) is 3.84. The molecule has 0 spiro atoms. The zero-order chi connectivity index (χ0) is 25.5. The molecule has 0 saturated heterocycles. The maximum Gasteiger partial charge on any atom is 0.131 e. The maximum atomic E-state index is 9.73. The molecule has 0 amide bonds. The molecular formula is C34H44O4. The monoisotopic (exact) mass is 516 g/mol. The lowest BCUT2D eigenvalue weighted by molar-refractivity contribution is -0.0169. The van der Waals surface area contributed by atoms with Gasteiger partial charge < -0.3 is 19.7 Å². The van der Waals surface area contributed by atoms with Gasteiger partial charge in [0.2, 0.25) is 0 Å². The number of aliphatic hydroxyl groups is 2. The van der Waals surface area contributed by atoms with Crippen LogP contribution in [0.15, 0.2) is 24.3 Å². The van der Waals surface area contributed by atoms with Gasteiger partial charge in [-0.05, 0) is 152 Å². The molecule has 0 atom stereocenters. The highest BCUT2D eigenvalue weighted by molar-refractivity contribution is 5.98. The largest absolute Gasteiger partial charge is 0.490 e. The Labute approximate surface area is 227 Å². The van der Waals surface area contributed by atoms with Crippen LogP contribution < -0.4 is 9.47 Å². The predicted molar refractivity (Wildman–Crippen MR) is 149 cm³/mol. The first kappa shape index (κ1) is 24.1. The average Bonchev–Trinajstić information content (AvgIpc) is 2.88. The average molecular weight is 517 g/mol. The molecule has 8 bridgehead atoms. The number of benzene rings is 2. The standard InChI is InChI=1S/C34H44O4/c35-4-6-37-29-3-1-2-27-31(29)30(38-7-5-36)14-28(33-15-21-8-22(16-33)10-23(9-21)17-33)32(27)34-18-24-11-25(19-34)13-26(12-24)20-34/h1-3,14,21-26,35-36H,4-13,15-20H2. The van der Waals surface area contributed by atoms with Gasteiger partial charge in [0.1, 0.15) is 24.7 Å². The van der Waals surface area contributed by atoms with Crippen molar-refractivity contribution >= 4 is 10.8 Å². The number of hydrogen-bond acceptors (Lipinski definition) is 4. The third-order valence-electron chi connectivity index (χ3n) is 12.0. The topological polar surface area (TPSA) is 58.9 Å². The van der Waals surface area contributed by atoms with Crippen LogP contribution in [0.25, 0.3) is 10.8 Å². The van der Waals surface area contributed by atoms with Gasteiger partial charge in [-0.25, -0.2) is 0 Å². The van der Waals surface area contributed by atoms with Crippen LogP contribution in [0, 0.1) is 35.5 Å². The van der Waals surface area contributed by atoms with Crippen molar-refractivity contribution < 1.29 is 19.7 Å². The second-order valence-corrected chi connectivity index (χ2v) is 14.5. The lowest BCUT2D eigenvalue weighted by atomic mass is 9.44. The molecule has 2 aromatic carbocycles. The summed E-state index contributed by atoms with van der Waals surface area (Å²) < 4.78 is 12.5. The van der Waals surface area contributed by atoms with Gasteiger partial charge in [0, 0.05) is 0 Å². The van der Waals surface area contributed by atoms with Crippen LogP contribution in [0.1, 0.15) is 88.2 Å². The first-order valence-electron chi connectivity index (χ1n) is 15.7. The van der Waals surface area contributed by atoms with Crippen molar-refractivity contribution in [1.29, 1.82) is 0 Å². The molecule has 10 rings (SSSR count). The molecule has 0 aliphatic heterocycles. The van der Waals surface area contributed by atoms with Gasteiger partial charge in [-0.1, -0.05) is 12.1 Å². The Hall–Kier alpha value is -1.78. The highest BCUT2D eigenvalue weighted by atomic mass is 16.5. The number of hydrogen-bond donors (Lipinski definition) is 2. The Kier molecular flexibility index (Phi) is 5.61. The summed E-state index contributed by atoms with van der Waals surface area (Å²) in [5, 5.41) is 21.7. The Bertz CT molecular complexity index is 1160. The third kappa shape index (κ3) is 3.61. The molecule has 0 unspecified atom stereocenters. The molecule has 204 valence electrons. The number of aliphatic hydroxyl groups excluding tert-OH is 2. The van der Waals surface area contributed by atoms with E-state index >= 15 is 0 Å². The van der Waals surface area contributed by atoms with Crippen molar-refractivity contribution in [3.05, 3.63) is 35.4 Å². The lowest BCUT2D eigenvalue weighted by Crippen LogP contribution is -2.52. The summed E-state index contributed by atoms with van der Waals surface area (Å²) in [6.07, 6.45) is 16.8. The van der Waals surface area contributed by atoms with Crippen molar-refractivity contribution in [2.24, 2.45) is 35.5 Å². The van der Waals surface area contributed by atoms with Gasteiger partial charge in [-0.15, -0.1) is 0 Å². The second-order valence-electron chi connectivity index (χ2n) is 14.5. The Morgan fingerprint density at radius 1 is 0.632 bits per heavy atom. The molecule has 8 saturated carbocycles. The number of rotatable bonds is 8. The minimum absolute atomic E-state index is 0.00356. The zero-order valence-corrected chi connectivity index (χ0v) is 22.8. The molecule has 2 aromatic rings.